The normalized spacial score (nSPS) is 21.2. The molecule has 1 fully saturated rings. The van der Waals surface area contributed by atoms with Crippen molar-refractivity contribution >= 4 is 40.6 Å². The predicted molar refractivity (Wildman–Crippen MR) is 134 cm³/mol. The number of nitrogens with zero attached hydrogens (tertiary/aromatic N) is 3. The molecule has 5 rings (SSSR count). The van der Waals surface area contributed by atoms with Crippen molar-refractivity contribution in [2.24, 2.45) is 0 Å². The Morgan fingerprint density at radius 1 is 1.18 bits per heavy atom. The molecule has 1 aromatic carbocycles. The van der Waals surface area contributed by atoms with Crippen molar-refractivity contribution in [2.75, 3.05) is 11.2 Å². The molecule has 3 aromatic rings. The predicted octanol–water partition coefficient (Wildman–Crippen LogP) is 5.20. The molecule has 6 nitrogen and oxygen atoms in total. The van der Waals surface area contributed by atoms with Crippen LogP contribution in [0.25, 0.3) is 10.6 Å². The van der Waals surface area contributed by atoms with E-state index in [1.807, 2.05) is 61.0 Å². The highest BCUT2D eigenvalue weighted by molar-refractivity contribution is 7.98. The minimum absolute atomic E-state index is 0.115. The quantitative estimate of drug-likeness (QED) is 0.510. The number of benzene rings is 1. The summed E-state index contributed by atoms with van der Waals surface area (Å²) in [6.07, 6.45) is 7.48. The summed E-state index contributed by atoms with van der Waals surface area (Å²) in [6, 6.07) is 13.8. The number of thioether (sulfide) groups is 1. The fourth-order valence-corrected chi connectivity index (χ4v) is 6.00. The standard InChI is InChI=1S/C25H28N4O2S2/c1-25(24(31)26-17-8-4-3-5-9-17)16-28-21(15-20(27-28)22-12-7-13-33-22)23(30)29(25)18-10-6-11-19(14-18)32-2/h6-7,10-15,17H,3-5,8-9,16H2,1-2H3,(H,26,31)/t25-/m1/s1. The molecule has 0 radical (unpaired) electrons. The smallest absolute Gasteiger partial charge is 0.277 e. The number of nitrogens with one attached hydrogen (secondary N) is 1. The van der Waals surface area contributed by atoms with Crippen LogP contribution >= 0.6 is 23.1 Å². The molecule has 0 unspecified atom stereocenters. The van der Waals surface area contributed by atoms with Crippen LogP contribution in [0.4, 0.5) is 5.69 Å². The van der Waals surface area contributed by atoms with Gasteiger partial charge >= 0.3 is 0 Å². The first-order chi connectivity index (χ1) is 16.0. The number of fused-ring (bicyclic) bond motifs is 1. The molecule has 2 aliphatic rings. The summed E-state index contributed by atoms with van der Waals surface area (Å²) < 4.78 is 1.72. The van der Waals surface area contributed by atoms with E-state index >= 15 is 0 Å². The molecule has 33 heavy (non-hydrogen) atoms. The van der Waals surface area contributed by atoms with E-state index in [1.54, 1.807) is 32.7 Å². The maximum Gasteiger partial charge on any atom is 0.277 e. The van der Waals surface area contributed by atoms with Crippen LogP contribution in [0.15, 0.2) is 52.7 Å². The van der Waals surface area contributed by atoms with Crippen molar-refractivity contribution < 1.29 is 9.59 Å². The van der Waals surface area contributed by atoms with Crippen molar-refractivity contribution in [3.8, 4) is 10.6 Å². The van der Waals surface area contributed by atoms with Gasteiger partial charge in [-0.15, -0.1) is 23.1 Å². The Bertz CT molecular complexity index is 1170. The van der Waals surface area contributed by atoms with Gasteiger partial charge in [-0.05, 0) is 61.7 Å². The highest BCUT2D eigenvalue weighted by Gasteiger charge is 2.49. The Kier molecular flexibility index (Phi) is 6.05. The van der Waals surface area contributed by atoms with E-state index in [9.17, 15) is 9.59 Å². The highest BCUT2D eigenvalue weighted by Crippen LogP contribution is 2.36. The van der Waals surface area contributed by atoms with Crippen LogP contribution in [0.2, 0.25) is 0 Å². The number of hydrogen-bond donors (Lipinski definition) is 1. The van der Waals surface area contributed by atoms with Gasteiger partial charge in [0, 0.05) is 16.6 Å². The zero-order valence-electron chi connectivity index (χ0n) is 18.9. The van der Waals surface area contributed by atoms with E-state index in [2.05, 4.69) is 5.32 Å². The first-order valence-electron chi connectivity index (χ1n) is 11.4. The van der Waals surface area contributed by atoms with Crippen LogP contribution in [0.5, 0.6) is 0 Å². The molecule has 0 spiro atoms. The number of thiophene rings is 1. The summed E-state index contributed by atoms with van der Waals surface area (Å²) in [5, 5.41) is 9.99. The number of carbonyl (C=O) groups is 2. The zero-order chi connectivity index (χ0) is 23.0. The number of hydrogen-bond acceptors (Lipinski definition) is 5. The van der Waals surface area contributed by atoms with Gasteiger partial charge < -0.3 is 5.32 Å². The van der Waals surface area contributed by atoms with Crippen LogP contribution in [-0.2, 0) is 11.3 Å². The van der Waals surface area contributed by atoms with E-state index in [-0.39, 0.29) is 17.9 Å². The van der Waals surface area contributed by atoms with Gasteiger partial charge in [0.15, 0.2) is 0 Å². The van der Waals surface area contributed by atoms with Crippen LogP contribution in [-0.4, -0.2) is 39.4 Å². The Balaban J connectivity index is 1.57. The largest absolute Gasteiger partial charge is 0.351 e. The van der Waals surface area contributed by atoms with E-state index in [1.165, 1.54) is 6.42 Å². The third kappa shape index (κ3) is 4.10. The zero-order valence-corrected chi connectivity index (χ0v) is 20.5. The van der Waals surface area contributed by atoms with Gasteiger partial charge in [0.05, 0.1) is 11.4 Å². The molecule has 1 aliphatic carbocycles. The van der Waals surface area contributed by atoms with Crippen LogP contribution in [0.3, 0.4) is 0 Å². The van der Waals surface area contributed by atoms with E-state index in [4.69, 9.17) is 5.10 Å². The lowest BCUT2D eigenvalue weighted by molar-refractivity contribution is -0.127. The SMILES string of the molecule is CSc1cccc(N2C(=O)c3cc(-c4cccs4)nn3C[C@]2(C)C(=O)NC2CCCCC2)c1. The monoisotopic (exact) mass is 480 g/mol. The molecule has 172 valence electrons. The first kappa shape index (κ1) is 22.2. The minimum atomic E-state index is -1.09. The van der Waals surface area contributed by atoms with Crippen molar-refractivity contribution in [3.05, 3.63) is 53.5 Å². The lowest BCUT2D eigenvalue weighted by atomic mass is 9.91. The summed E-state index contributed by atoms with van der Waals surface area (Å²) in [7, 11) is 0. The van der Waals surface area contributed by atoms with E-state index in [0.717, 1.165) is 46.8 Å². The van der Waals surface area contributed by atoms with Gasteiger partial charge in [-0.25, -0.2) is 0 Å². The van der Waals surface area contributed by atoms with E-state index in [0.29, 0.717) is 12.2 Å². The summed E-state index contributed by atoms with van der Waals surface area (Å²) in [4.78, 5) is 31.4. The summed E-state index contributed by atoms with van der Waals surface area (Å²) in [5.74, 6) is -0.313. The lowest BCUT2D eigenvalue weighted by Gasteiger charge is -2.44. The highest BCUT2D eigenvalue weighted by atomic mass is 32.2. The van der Waals surface area contributed by atoms with Gasteiger partial charge in [-0.2, -0.15) is 5.10 Å². The molecule has 1 aliphatic heterocycles. The second-order valence-corrected chi connectivity index (χ2v) is 10.8. The van der Waals surface area contributed by atoms with Gasteiger partial charge in [0.2, 0.25) is 5.91 Å². The van der Waals surface area contributed by atoms with Crippen molar-refractivity contribution in [1.29, 1.82) is 0 Å². The maximum absolute atomic E-state index is 13.9. The number of rotatable bonds is 5. The number of aromatic nitrogens is 2. The maximum atomic E-state index is 13.9. The summed E-state index contributed by atoms with van der Waals surface area (Å²) in [6.45, 7) is 2.17. The third-order valence-electron chi connectivity index (χ3n) is 6.67. The second-order valence-electron chi connectivity index (χ2n) is 8.97. The molecule has 0 bridgehead atoms. The van der Waals surface area contributed by atoms with Crippen molar-refractivity contribution in [2.45, 2.75) is 62.0 Å². The molecule has 8 heteroatoms. The Morgan fingerprint density at radius 3 is 2.73 bits per heavy atom. The summed E-state index contributed by atoms with van der Waals surface area (Å²) >= 11 is 3.21. The number of amides is 2. The fourth-order valence-electron chi connectivity index (χ4n) is 4.87. The van der Waals surface area contributed by atoms with Gasteiger partial charge in [-0.1, -0.05) is 31.4 Å². The molecule has 1 atom stereocenters. The average Bonchev–Trinajstić information content (AvgIpc) is 3.50. The van der Waals surface area contributed by atoms with Gasteiger partial charge in [-0.3, -0.25) is 19.2 Å². The van der Waals surface area contributed by atoms with Gasteiger partial charge in [0.25, 0.3) is 5.91 Å². The Hall–Kier alpha value is -2.58. The molecular formula is C25H28N4O2S2. The van der Waals surface area contributed by atoms with Crippen LogP contribution in [0.1, 0.15) is 49.5 Å². The Morgan fingerprint density at radius 2 is 2.00 bits per heavy atom. The Labute approximate surface area is 202 Å². The minimum Gasteiger partial charge on any atom is -0.351 e. The number of anilines is 1. The molecule has 3 heterocycles. The molecule has 0 saturated heterocycles. The molecule has 1 N–H and O–H groups in total. The van der Waals surface area contributed by atoms with Gasteiger partial charge in [0.1, 0.15) is 16.9 Å². The molecule has 2 amide bonds. The average molecular weight is 481 g/mol. The molecule has 1 saturated carbocycles. The first-order valence-corrected chi connectivity index (χ1v) is 13.5. The fraction of sp³-hybridized carbons (Fsp3) is 0.400. The summed E-state index contributed by atoms with van der Waals surface area (Å²) in [5.41, 5.74) is 0.925. The topological polar surface area (TPSA) is 67.2 Å². The second kappa shape index (κ2) is 8.99. The van der Waals surface area contributed by atoms with Crippen molar-refractivity contribution in [3.63, 3.8) is 0 Å². The third-order valence-corrected chi connectivity index (χ3v) is 8.29. The van der Waals surface area contributed by atoms with Crippen molar-refractivity contribution in [1.82, 2.24) is 15.1 Å². The van der Waals surface area contributed by atoms with Crippen LogP contribution in [0, 0.1) is 0 Å². The molecular weight excluding hydrogens is 452 g/mol. The number of carbonyl (C=O) groups excluding carboxylic acids is 2. The molecule has 2 aromatic heterocycles. The van der Waals surface area contributed by atoms with E-state index < -0.39 is 5.54 Å². The van der Waals surface area contributed by atoms with Crippen LogP contribution < -0.4 is 10.2 Å². The lowest BCUT2D eigenvalue weighted by Crippen LogP contribution is -2.65.